The summed E-state index contributed by atoms with van der Waals surface area (Å²) in [7, 11) is 0. The quantitative estimate of drug-likeness (QED) is 0.157. The van der Waals surface area contributed by atoms with Gasteiger partial charge in [-0.05, 0) is 117 Å². The molecule has 0 atom stereocenters. The second kappa shape index (κ2) is 14.8. The fraction of sp³-hybridized carbons (Fsp3) is 0.179. The van der Waals surface area contributed by atoms with Crippen molar-refractivity contribution in [1.82, 2.24) is 4.57 Å². The van der Waals surface area contributed by atoms with Gasteiger partial charge in [-0.3, -0.25) is 0 Å². The SMILES string of the molecule is CC(C)(C)c1ccc(N(c2cccc(-c3cccc4c3c3ccccc3n4-c3ccccc3)c2)c2ccccc2-c2cccc3cccc(C4CCCCC4)c23)cc1. The highest BCUT2D eigenvalue weighted by Crippen LogP contribution is 2.47. The van der Waals surface area contributed by atoms with Crippen LogP contribution in [0.4, 0.5) is 17.1 Å². The van der Waals surface area contributed by atoms with Crippen LogP contribution in [0, 0.1) is 0 Å². The Morgan fingerprint density at radius 3 is 1.97 bits per heavy atom. The van der Waals surface area contributed by atoms with Gasteiger partial charge >= 0.3 is 0 Å². The van der Waals surface area contributed by atoms with E-state index in [2.05, 4.69) is 212 Å². The summed E-state index contributed by atoms with van der Waals surface area (Å²) in [6.07, 6.45) is 6.52. The number of aromatic nitrogens is 1. The van der Waals surface area contributed by atoms with Crippen molar-refractivity contribution >= 4 is 49.6 Å². The first kappa shape index (κ1) is 36.0. The monoisotopic (exact) mass is 750 g/mol. The van der Waals surface area contributed by atoms with Gasteiger partial charge in [0.15, 0.2) is 0 Å². The molecule has 58 heavy (non-hydrogen) atoms. The largest absolute Gasteiger partial charge is 0.310 e. The van der Waals surface area contributed by atoms with Crippen LogP contribution in [-0.2, 0) is 5.41 Å². The van der Waals surface area contributed by atoms with E-state index >= 15 is 0 Å². The van der Waals surface area contributed by atoms with Crippen molar-refractivity contribution in [1.29, 1.82) is 0 Å². The highest BCUT2D eigenvalue weighted by Gasteiger charge is 2.24. The van der Waals surface area contributed by atoms with Crippen molar-refractivity contribution in [2.75, 3.05) is 4.90 Å². The number of anilines is 3. The van der Waals surface area contributed by atoms with Crippen LogP contribution in [0.25, 0.3) is 60.5 Å². The molecule has 0 saturated heterocycles. The van der Waals surface area contributed by atoms with Crippen LogP contribution in [0.1, 0.15) is 69.9 Å². The van der Waals surface area contributed by atoms with E-state index in [1.807, 2.05) is 0 Å². The molecule has 0 amide bonds. The highest BCUT2D eigenvalue weighted by atomic mass is 15.1. The number of nitrogens with zero attached hydrogens (tertiary/aromatic N) is 2. The molecule has 1 saturated carbocycles. The Labute approximate surface area is 343 Å². The standard InChI is InChI=1S/C56H50N2/c1-56(2,3)42-34-36-44(37-35-42)57(51-31-12-10-26-48(51)49-30-16-21-40-20-15-28-46(54(40)49)39-18-6-4-7-19-39)45-25-14-22-41(38-45)47-29-17-33-53-55(47)50-27-11-13-32-52(50)58(53)43-23-8-5-9-24-43/h5,8-17,20-39H,4,6-7,18-19H2,1-3H3. The molecule has 1 heterocycles. The van der Waals surface area contributed by atoms with Crippen LogP contribution < -0.4 is 4.90 Å². The minimum atomic E-state index is 0.0528. The number of hydrogen-bond acceptors (Lipinski definition) is 1. The molecule has 0 aliphatic heterocycles. The fourth-order valence-electron chi connectivity index (χ4n) is 9.71. The van der Waals surface area contributed by atoms with Gasteiger partial charge in [0.1, 0.15) is 0 Å². The third-order valence-corrected chi connectivity index (χ3v) is 12.5. The summed E-state index contributed by atoms with van der Waals surface area (Å²) in [6, 6.07) is 67.7. The predicted octanol–water partition coefficient (Wildman–Crippen LogP) is 16.1. The molecule has 8 aromatic carbocycles. The molecule has 1 aliphatic rings. The van der Waals surface area contributed by atoms with Crippen molar-refractivity contribution in [2.45, 2.75) is 64.2 Å². The Balaban J connectivity index is 1.18. The summed E-state index contributed by atoms with van der Waals surface area (Å²) in [6.45, 7) is 6.87. The maximum Gasteiger partial charge on any atom is 0.0547 e. The van der Waals surface area contributed by atoms with Crippen LogP contribution in [0.3, 0.4) is 0 Å². The first-order valence-corrected chi connectivity index (χ1v) is 21.1. The summed E-state index contributed by atoms with van der Waals surface area (Å²) in [5.41, 5.74) is 14.9. The number of rotatable bonds is 7. The minimum Gasteiger partial charge on any atom is -0.310 e. The molecule has 0 bridgehead atoms. The maximum absolute atomic E-state index is 2.49. The number of benzene rings is 8. The van der Waals surface area contributed by atoms with Crippen molar-refractivity contribution in [3.8, 4) is 27.9 Å². The van der Waals surface area contributed by atoms with Crippen LogP contribution in [0.2, 0.25) is 0 Å². The minimum absolute atomic E-state index is 0.0528. The zero-order chi connectivity index (χ0) is 39.2. The van der Waals surface area contributed by atoms with E-state index < -0.39 is 0 Å². The molecule has 9 aromatic rings. The van der Waals surface area contributed by atoms with Crippen molar-refractivity contribution in [3.63, 3.8) is 0 Å². The maximum atomic E-state index is 2.49. The van der Waals surface area contributed by atoms with E-state index in [-0.39, 0.29) is 5.41 Å². The third kappa shape index (κ3) is 6.38. The number of para-hydroxylation sites is 3. The van der Waals surface area contributed by atoms with Gasteiger partial charge in [-0.2, -0.15) is 0 Å². The Morgan fingerprint density at radius 1 is 0.500 bits per heavy atom. The lowest BCUT2D eigenvalue weighted by molar-refractivity contribution is 0.445. The Morgan fingerprint density at radius 2 is 1.16 bits per heavy atom. The molecule has 2 nitrogen and oxygen atoms in total. The van der Waals surface area contributed by atoms with Crippen molar-refractivity contribution in [3.05, 3.63) is 193 Å². The predicted molar refractivity (Wildman–Crippen MR) is 248 cm³/mol. The molecule has 1 aromatic heterocycles. The zero-order valence-corrected chi connectivity index (χ0v) is 33.8. The number of hydrogen-bond donors (Lipinski definition) is 0. The van der Waals surface area contributed by atoms with Gasteiger partial charge in [0, 0.05) is 33.4 Å². The van der Waals surface area contributed by atoms with Gasteiger partial charge in [-0.25, -0.2) is 0 Å². The third-order valence-electron chi connectivity index (χ3n) is 12.5. The van der Waals surface area contributed by atoms with Gasteiger partial charge in [-0.1, -0.05) is 167 Å². The van der Waals surface area contributed by atoms with Gasteiger partial charge in [0.25, 0.3) is 0 Å². The second-order valence-electron chi connectivity index (χ2n) is 17.2. The van der Waals surface area contributed by atoms with E-state index in [1.165, 1.54) is 109 Å². The van der Waals surface area contributed by atoms with Crippen LogP contribution in [0.5, 0.6) is 0 Å². The van der Waals surface area contributed by atoms with Gasteiger partial charge in [0.05, 0.1) is 16.7 Å². The first-order chi connectivity index (χ1) is 28.4. The summed E-state index contributed by atoms with van der Waals surface area (Å²) in [4.78, 5) is 2.49. The van der Waals surface area contributed by atoms with E-state index in [9.17, 15) is 0 Å². The molecule has 0 unspecified atom stereocenters. The Kier molecular flexibility index (Phi) is 9.21. The topological polar surface area (TPSA) is 8.17 Å². The van der Waals surface area contributed by atoms with E-state index in [0.29, 0.717) is 5.92 Å². The van der Waals surface area contributed by atoms with E-state index in [1.54, 1.807) is 0 Å². The lowest BCUT2D eigenvalue weighted by Gasteiger charge is -2.30. The first-order valence-electron chi connectivity index (χ1n) is 21.1. The molecule has 1 aliphatic carbocycles. The van der Waals surface area contributed by atoms with Gasteiger partial charge in [-0.15, -0.1) is 0 Å². The lowest BCUT2D eigenvalue weighted by Crippen LogP contribution is -2.14. The van der Waals surface area contributed by atoms with E-state index in [0.717, 1.165) is 11.4 Å². The average molecular weight is 751 g/mol. The second-order valence-corrected chi connectivity index (χ2v) is 17.2. The van der Waals surface area contributed by atoms with Gasteiger partial charge < -0.3 is 9.47 Å². The molecule has 0 radical (unpaired) electrons. The highest BCUT2D eigenvalue weighted by molar-refractivity contribution is 6.16. The molecule has 10 rings (SSSR count). The molecule has 284 valence electrons. The lowest BCUT2D eigenvalue weighted by atomic mass is 9.80. The molecular formula is C56H50N2. The number of fused-ring (bicyclic) bond motifs is 4. The summed E-state index contributed by atoms with van der Waals surface area (Å²) in [5.74, 6) is 0.596. The molecule has 0 N–H and O–H groups in total. The molecule has 0 spiro atoms. The average Bonchev–Trinajstić information content (AvgIpc) is 3.61. The summed E-state index contributed by atoms with van der Waals surface area (Å²) in [5, 5.41) is 5.25. The molecule has 2 heteroatoms. The van der Waals surface area contributed by atoms with E-state index in [4.69, 9.17) is 0 Å². The van der Waals surface area contributed by atoms with Gasteiger partial charge in [0.2, 0.25) is 0 Å². The Bertz CT molecular complexity index is 2900. The van der Waals surface area contributed by atoms with Crippen molar-refractivity contribution in [2.24, 2.45) is 0 Å². The normalized spacial score (nSPS) is 13.7. The van der Waals surface area contributed by atoms with Crippen LogP contribution >= 0.6 is 0 Å². The van der Waals surface area contributed by atoms with Crippen LogP contribution in [0.15, 0.2) is 182 Å². The smallest absolute Gasteiger partial charge is 0.0547 e. The zero-order valence-electron chi connectivity index (χ0n) is 33.8. The van der Waals surface area contributed by atoms with Crippen molar-refractivity contribution < 1.29 is 0 Å². The fourth-order valence-corrected chi connectivity index (χ4v) is 9.71. The molecule has 1 fully saturated rings. The summed E-state index contributed by atoms with van der Waals surface area (Å²) < 4.78 is 2.41. The molecular weight excluding hydrogens is 701 g/mol. The Hall–Kier alpha value is -6.38. The summed E-state index contributed by atoms with van der Waals surface area (Å²) >= 11 is 0. The van der Waals surface area contributed by atoms with Crippen LogP contribution in [-0.4, -0.2) is 4.57 Å².